The number of pyridine rings is 1. The Balaban J connectivity index is 1.39. The lowest BCUT2D eigenvalue weighted by Gasteiger charge is -2.30. The molecule has 2 aromatic rings. The summed E-state index contributed by atoms with van der Waals surface area (Å²) in [5, 5.41) is 2.84. The lowest BCUT2D eigenvalue weighted by molar-refractivity contribution is 0.0697. The Morgan fingerprint density at radius 1 is 1.14 bits per heavy atom. The number of ether oxygens (including phenoxy) is 2. The number of fused-ring (bicyclic) bond motifs is 1. The van der Waals surface area contributed by atoms with Gasteiger partial charge in [0.25, 0.3) is 11.8 Å². The Bertz CT molecular complexity index is 891. The summed E-state index contributed by atoms with van der Waals surface area (Å²) >= 11 is 0. The number of nitrogens with zero attached hydrogens (tertiary/aromatic N) is 2. The molecular formula is C21H23N3O4. The molecule has 0 aliphatic carbocycles. The maximum atomic E-state index is 12.7. The van der Waals surface area contributed by atoms with Crippen molar-refractivity contribution in [3.8, 4) is 11.5 Å². The second kappa shape index (κ2) is 7.88. The van der Waals surface area contributed by atoms with Gasteiger partial charge in [-0.15, -0.1) is 0 Å². The van der Waals surface area contributed by atoms with Crippen LogP contribution in [0.15, 0.2) is 36.5 Å². The van der Waals surface area contributed by atoms with Gasteiger partial charge >= 0.3 is 0 Å². The van der Waals surface area contributed by atoms with Gasteiger partial charge in [-0.05, 0) is 48.6 Å². The van der Waals surface area contributed by atoms with Crippen molar-refractivity contribution in [3.63, 3.8) is 0 Å². The number of carbonyl (C=O) groups is 2. The molecular weight excluding hydrogens is 358 g/mol. The number of hydrogen-bond donors (Lipinski definition) is 1. The van der Waals surface area contributed by atoms with E-state index in [-0.39, 0.29) is 24.3 Å². The number of benzene rings is 1. The van der Waals surface area contributed by atoms with Gasteiger partial charge in [0.15, 0.2) is 11.5 Å². The minimum Gasteiger partial charge on any atom is -0.454 e. The monoisotopic (exact) mass is 381 g/mol. The second-order valence-corrected chi connectivity index (χ2v) is 7.27. The number of likely N-dealkylation sites (tertiary alicyclic amines) is 1. The Morgan fingerprint density at radius 2 is 1.93 bits per heavy atom. The van der Waals surface area contributed by atoms with Gasteiger partial charge in [0.2, 0.25) is 6.79 Å². The van der Waals surface area contributed by atoms with Crippen LogP contribution in [0.25, 0.3) is 0 Å². The Hall–Kier alpha value is -3.09. The summed E-state index contributed by atoms with van der Waals surface area (Å²) in [5.41, 5.74) is 1.63. The van der Waals surface area contributed by atoms with E-state index in [1.54, 1.807) is 12.1 Å². The van der Waals surface area contributed by atoms with Gasteiger partial charge in [-0.2, -0.15) is 0 Å². The molecule has 2 aliphatic heterocycles. The molecule has 7 heteroatoms. The Kier molecular flexibility index (Phi) is 5.14. The quantitative estimate of drug-likeness (QED) is 0.881. The molecule has 0 spiro atoms. The molecule has 0 unspecified atom stereocenters. The topological polar surface area (TPSA) is 80.8 Å². The van der Waals surface area contributed by atoms with Gasteiger partial charge in [-0.3, -0.25) is 14.6 Å². The van der Waals surface area contributed by atoms with Crippen molar-refractivity contribution in [2.75, 3.05) is 19.9 Å². The van der Waals surface area contributed by atoms with Crippen molar-refractivity contribution < 1.29 is 19.1 Å². The van der Waals surface area contributed by atoms with Crippen molar-refractivity contribution in [3.05, 3.63) is 53.3 Å². The van der Waals surface area contributed by atoms with Crippen molar-refractivity contribution in [1.82, 2.24) is 15.2 Å². The molecule has 1 fully saturated rings. The highest BCUT2D eigenvalue weighted by Gasteiger charge is 2.22. The van der Waals surface area contributed by atoms with Crippen LogP contribution in [-0.2, 0) is 6.54 Å². The minimum atomic E-state index is -0.320. The average Bonchev–Trinajstić information content (AvgIpc) is 3.20. The number of piperidine rings is 1. The fraction of sp³-hybridized carbons (Fsp3) is 0.381. The van der Waals surface area contributed by atoms with Crippen molar-refractivity contribution in [2.45, 2.75) is 26.3 Å². The van der Waals surface area contributed by atoms with Crippen LogP contribution in [-0.4, -0.2) is 41.6 Å². The van der Waals surface area contributed by atoms with Crippen LogP contribution >= 0.6 is 0 Å². The van der Waals surface area contributed by atoms with Crippen molar-refractivity contribution in [2.24, 2.45) is 5.92 Å². The second-order valence-electron chi connectivity index (χ2n) is 7.27. The highest BCUT2D eigenvalue weighted by molar-refractivity contribution is 5.98. The highest BCUT2D eigenvalue weighted by Crippen LogP contribution is 2.32. The van der Waals surface area contributed by atoms with E-state index in [4.69, 9.17) is 9.47 Å². The van der Waals surface area contributed by atoms with E-state index in [1.807, 2.05) is 23.1 Å². The van der Waals surface area contributed by atoms with Crippen molar-refractivity contribution >= 4 is 11.8 Å². The number of rotatable bonds is 4. The van der Waals surface area contributed by atoms with Crippen LogP contribution in [0.5, 0.6) is 11.5 Å². The number of carbonyl (C=O) groups excluding carboxylic acids is 2. The molecule has 0 saturated carbocycles. The zero-order valence-corrected chi connectivity index (χ0v) is 15.8. The third-order valence-corrected chi connectivity index (χ3v) is 5.20. The summed E-state index contributed by atoms with van der Waals surface area (Å²) in [7, 11) is 0. The number of nitrogens with one attached hydrogen (secondary N) is 1. The lowest BCUT2D eigenvalue weighted by atomic mass is 9.98. The van der Waals surface area contributed by atoms with E-state index in [0.29, 0.717) is 29.5 Å². The Morgan fingerprint density at radius 3 is 2.75 bits per heavy atom. The summed E-state index contributed by atoms with van der Waals surface area (Å²) in [6.07, 6.45) is 3.54. The predicted octanol–water partition coefficient (Wildman–Crippen LogP) is 2.61. The van der Waals surface area contributed by atoms with Gasteiger partial charge in [0.05, 0.1) is 0 Å². The largest absolute Gasteiger partial charge is 0.454 e. The third kappa shape index (κ3) is 3.93. The van der Waals surface area contributed by atoms with Crippen LogP contribution in [0, 0.1) is 5.92 Å². The van der Waals surface area contributed by atoms with E-state index in [2.05, 4.69) is 17.2 Å². The first-order chi connectivity index (χ1) is 13.6. The van der Waals surface area contributed by atoms with Crippen LogP contribution in [0.2, 0.25) is 0 Å². The molecule has 1 N–H and O–H groups in total. The fourth-order valence-electron chi connectivity index (χ4n) is 3.41. The van der Waals surface area contributed by atoms with E-state index in [0.717, 1.165) is 31.5 Å². The number of aromatic nitrogens is 1. The SMILES string of the molecule is CC1CCN(C(=O)c2ccnc(C(=O)NCc3ccc4c(c3)OCO4)c2)CC1. The molecule has 146 valence electrons. The molecule has 0 bridgehead atoms. The van der Waals surface area contributed by atoms with Gasteiger partial charge in [-0.25, -0.2) is 0 Å². The maximum absolute atomic E-state index is 12.7. The van der Waals surface area contributed by atoms with Gasteiger partial charge in [0.1, 0.15) is 5.69 Å². The lowest BCUT2D eigenvalue weighted by Crippen LogP contribution is -2.38. The Labute approximate surface area is 163 Å². The van der Waals surface area contributed by atoms with Gasteiger partial charge < -0.3 is 19.7 Å². The van der Waals surface area contributed by atoms with Crippen LogP contribution < -0.4 is 14.8 Å². The molecule has 2 aliphatic rings. The molecule has 4 rings (SSSR count). The molecule has 0 radical (unpaired) electrons. The van der Waals surface area contributed by atoms with E-state index in [1.165, 1.54) is 6.20 Å². The van der Waals surface area contributed by atoms with E-state index >= 15 is 0 Å². The molecule has 0 atom stereocenters. The van der Waals surface area contributed by atoms with Gasteiger partial charge in [0, 0.05) is 31.4 Å². The molecule has 2 amide bonds. The summed E-state index contributed by atoms with van der Waals surface area (Å²) in [6, 6.07) is 8.76. The molecule has 7 nitrogen and oxygen atoms in total. The first kappa shape index (κ1) is 18.3. The summed E-state index contributed by atoms with van der Waals surface area (Å²) < 4.78 is 10.6. The average molecular weight is 381 g/mol. The smallest absolute Gasteiger partial charge is 0.270 e. The first-order valence-corrected chi connectivity index (χ1v) is 9.52. The summed E-state index contributed by atoms with van der Waals surface area (Å²) in [5.74, 6) is 1.67. The van der Waals surface area contributed by atoms with Crippen molar-refractivity contribution in [1.29, 1.82) is 0 Å². The van der Waals surface area contributed by atoms with Crippen LogP contribution in [0.4, 0.5) is 0 Å². The standard InChI is InChI=1S/C21H23N3O4/c1-14-5-8-24(9-6-14)21(26)16-4-7-22-17(11-16)20(25)23-12-15-2-3-18-19(10-15)28-13-27-18/h2-4,7,10-11,14H,5-6,8-9,12-13H2,1H3,(H,23,25). The molecule has 3 heterocycles. The normalized spacial score (nSPS) is 16.1. The van der Waals surface area contributed by atoms with Crippen LogP contribution in [0.1, 0.15) is 46.2 Å². The maximum Gasteiger partial charge on any atom is 0.270 e. The molecule has 1 saturated heterocycles. The van der Waals surface area contributed by atoms with E-state index in [9.17, 15) is 9.59 Å². The zero-order valence-electron chi connectivity index (χ0n) is 15.8. The summed E-state index contributed by atoms with van der Waals surface area (Å²) in [4.78, 5) is 31.2. The molecule has 28 heavy (non-hydrogen) atoms. The zero-order chi connectivity index (χ0) is 19.5. The number of hydrogen-bond acceptors (Lipinski definition) is 5. The molecule has 1 aromatic heterocycles. The molecule has 1 aromatic carbocycles. The number of amides is 2. The fourth-order valence-corrected chi connectivity index (χ4v) is 3.41. The summed E-state index contributed by atoms with van der Waals surface area (Å²) in [6.45, 7) is 4.27. The van der Waals surface area contributed by atoms with E-state index < -0.39 is 0 Å². The van der Waals surface area contributed by atoms with Gasteiger partial charge in [-0.1, -0.05) is 13.0 Å². The minimum absolute atomic E-state index is 0.0425. The first-order valence-electron chi connectivity index (χ1n) is 9.52. The highest BCUT2D eigenvalue weighted by atomic mass is 16.7. The third-order valence-electron chi connectivity index (χ3n) is 5.20. The predicted molar refractivity (Wildman–Crippen MR) is 102 cm³/mol. The van der Waals surface area contributed by atoms with Crippen LogP contribution in [0.3, 0.4) is 0 Å².